The molecule has 0 amide bonds. The number of ether oxygens (including phenoxy) is 1. The van der Waals surface area contributed by atoms with Gasteiger partial charge in [0.05, 0.1) is 16.6 Å². The number of rotatable bonds is 4. The van der Waals surface area contributed by atoms with Crippen molar-refractivity contribution in [3.05, 3.63) is 33.5 Å². The molecule has 0 aliphatic heterocycles. The Morgan fingerprint density at radius 2 is 2.12 bits per heavy atom. The van der Waals surface area contributed by atoms with Gasteiger partial charge in [0.2, 0.25) is 0 Å². The third kappa shape index (κ3) is 2.65. The number of carbonyl (C=O) groups is 2. The Hall–Kier alpha value is -1.27. The lowest BCUT2D eigenvalue weighted by Crippen LogP contribution is -2.15. The Kier molecular flexibility index (Phi) is 4.14. The van der Waals surface area contributed by atoms with E-state index < -0.39 is 23.1 Å². The van der Waals surface area contributed by atoms with E-state index >= 15 is 0 Å². The summed E-state index contributed by atoms with van der Waals surface area (Å²) in [6, 6.07) is 2.59. The van der Waals surface area contributed by atoms with E-state index in [0.29, 0.717) is 5.56 Å². The van der Waals surface area contributed by atoms with Crippen LogP contribution < -0.4 is 0 Å². The zero-order chi connectivity index (χ0) is 12.3. The highest BCUT2D eigenvalue weighted by Gasteiger charge is 2.21. The van der Waals surface area contributed by atoms with E-state index in [1.54, 1.807) is 0 Å². The first kappa shape index (κ1) is 12.8. The molecule has 1 aromatic carbocycles. The molecular formula is C10H8BrFO4. The van der Waals surface area contributed by atoms with E-state index in [2.05, 4.69) is 15.9 Å². The molecule has 0 saturated carbocycles. The molecule has 0 aliphatic carbocycles. The zero-order valence-electron chi connectivity index (χ0n) is 8.29. The lowest BCUT2D eigenvalue weighted by molar-refractivity contribution is -0.131. The minimum atomic E-state index is -1.69. The summed E-state index contributed by atoms with van der Waals surface area (Å²) in [5.41, 5.74) is 0.0364. The van der Waals surface area contributed by atoms with Crippen LogP contribution in [0.3, 0.4) is 0 Å². The lowest BCUT2D eigenvalue weighted by atomic mass is 10.1. The fourth-order valence-corrected chi connectivity index (χ4v) is 1.68. The van der Waals surface area contributed by atoms with Crippen LogP contribution in [0.25, 0.3) is 0 Å². The van der Waals surface area contributed by atoms with Crippen LogP contribution >= 0.6 is 15.9 Å². The molecule has 86 valence electrons. The highest BCUT2D eigenvalue weighted by molar-refractivity contribution is 9.10. The van der Waals surface area contributed by atoms with Gasteiger partial charge in [0.25, 0.3) is 5.78 Å². The smallest absolute Gasteiger partial charge is 0.377 e. The molecule has 1 N–H and O–H groups in total. The van der Waals surface area contributed by atoms with Crippen molar-refractivity contribution in [2.75, 3.05) is 7.11 Å². The SMILES string of the molecule is COCc1cc(Br)c(F)c(C(=O)C(=O)O)c1. The summed E-state index contributed by atoms with van der Waals surface area (Å²) in [5.74, 6) is -3.86. The molecule has 0 radical (unpaired) electrons. The van der Waals surface area contributed by atoms with Crippen molar-refractivity contribution >= 4 is 27.7 Å². The molecule has 0 bridgehead atoms. The van der Waals surface area contributed by atoms with Gasteiger partial charge in [0, 0.05) is 7.11 Å². The number of carboxylic acid groups (broad SMARTS) is 1. The number of hydrogen-bond donors (Lipinski definition) is 1. The summed E-state index contributed by atoms with van der Waals surface area (Å²) in [6.45, 7) is 0.165. The Morgan fingerprint density at radius 1 is 1.50 bits per heavy atom. The van der Waals surface area contributed by atoms with Gasteiger partial charge >= 0.3 is 5.97 Å². The normalized spacial score (nSPS) is 10.2. The van der Waals surface area contributed by atoms with Gasteiger partial charge in [0.1, 0.15) is 5.82 Å². The predicted molar refractivity (Wildman–Crippen MR) is 56.8 cm³/mol. The molecule has 0 fully saturated rings. The summed E-state index contributed by atoms with van der Waals surface area (Å²) in [4.78, 5) is 21.6. The van der Waals surface area contributed by atoms with Crippen LogP contribution in [-0.2, 0) is 16.1 Å². The summed E-state index contributed by atoms with van der Waals surface area (Å²) < 4.78 is 18.3. The Bertz CT molecular complexity index is 445. The van der Waals surface area contributed by atoms with Gasteiger partial charge in [0.15, 0.2) is 0 Å². The highest BCUT2D eigenvalue weighted by atomic mass is 79.9. The number of carbonyl (C=O) groups excluding carboxylic acids is 1. The number of methoxy groups -OCH3 is 1. The summed E-state index contributed by atoms with van der Waals surface area (Å²) in [5, 5.41) is 8.51. The molecule has 4 nitrogen and oxygen atoms in total. The topological polar surface area (TPSA) is 63.6 Å². The molecule has 1 aromatic rings. The standard InChI is InChI=1S/C10H8BrFO4/c1-16-4-5-2-6(9(13)10(14)15)8(12)7(11)3-5/h2-3H,4H2,1H3,(H,14,15). The fourth-order valence-electron chi connectivity index (χ4n) is 1.18. The van der Waals surface area contributed by atoms with Gasteiger partial charge in [-0.25, -0.2) is 9.18 Å². The van der Waals surface area contributed by atoms with Crippen LogP contribution in [0.5, 0.6) is 0 Å². The minimum absolute atomic E-state index is 0.0339. The Balaban J connectivity index is 3.26. The quantitative estimate of drug-likeness (QED) is 0.680. The highest BCUT2D eigenvalue weighted by Crippen LogP contribution is 2.22. The number of ketones is 1. The number of benzene rings is 1. The molecule has 0 atom stereocenters. The molecule has 0 unspecified atom stereocenters. The average Bonchev–Trinajstić information content (AvgIpc) is 2.22. The summed E-state index contributed by atoms with van der Waals surface area (Å²) >= 11 is 2.91. The van der Waals surface area contributed by atoms with Gasteiger partial charge in [-0.3, -0.25) is 4.79 Å². The maximum Gasteiger partial charge on any atom is 0.377 e. The van der Waals surface area contributed by atoms with Crippen LogP contribution in [0.4, 0.5) is 4.39 Å². The first-order valence-corrected chi connectivity index (χ1v) is 5.01. The van der Waals surface area contributed by atoms with Gasteiger partial charge in [-0.2, -0.15) is 0 Å². The molecule has 16 heavy (non-hydrogen) atoms. The first-order valence-electron chi connectivity index (χ1n) is 4.21. The van der Waals surface area contributed by atoms with Crippen molar-refractivity contribution in [1.82, 2.24) is 0 Å². The van der Waals surface area contributed by atoms with E-state index in [1.165, 1.54) is 19.2 Å². The fraction of sp³-hybridized carbons (Fsp3) is 0.200. The van der Waals surface area contributed by atoms with Gasteiger partial charge < -0.3 is 9.84 Å². The number of carboxylic acids is 1. The molecule has 0 heterocycles. The van der Waals surface area contributed by atoms with Crippen molar-refractivity contribution < 1.29 is 23.8 Å². The van der Waals surface area contributed by atoms with E-state index in [-0.39, 0.29) is 11.1 Å². The summed E-state index contributed by atoms with van der Waals surface area (Å²) in [6.07, 6.45) is 0. The van der Waals surface area contributed by atoms with Crippen molar-refractivity contribution in [1.29, 1.82) is 0 Å². The molecular weight excluding hydrogens is 283 g/mol. The molecule has 0 spiro atoms. The largest absolute Gasteiger partial charge is 0.475 e. The summed E-state index contributed by atoms with van der Waals surface area (Å²) in [7, 11) is 1.44. The van der Waals surface area contributed by atoms with Crippen molar-refractivity contribution in [3.8, 4) is 0 Å². The number of hydrogen-bond acceptors (Lipinski definition) is 3. The number of Topliss-reactive ketones (excluding diaryl/α,β-unsaturated/α-hetero) is 1. The van der Waals surface area contributed by atoms with Crippen LogP contribution in [-0.4, -0.2) is 24.0 Å². The molecule has 0 aromatic heterocycles. The maximum absolute atomic E-state index is 13.5. The van der Waals surface area contributed by atoms with Gasteiger partial charge in [-0.05, 0) is 33.6 Å². The second-order valence-corrected chi connectivity index (χ2v) is 3.86. The average molecular weight is 291 g/mol. The molecule has 6 heteroatoms. The maximum atomic E-state index is 13.5. The molecule has 1 rings (SSSR count). The predicted octanol–water partition coefficient (Wildman–Crippen LogP) is 2.00. The first-order chi connectivity index (χ1) is 7.47. The van der Waals surface area contributed by atoms with Crippen LogP contribution in [0, 0.1) is 5.82 Å². The number of aliphatic carboxylic acids is 1. The second-order valence-electron chi connectivity index (χ2n) is 3.01. The lowest BCUT2D eigenvalue weighted by Gasteiger charge is -2.05. The zero-order valence-corrected chi connectivity index (χ0v) is 9.88. The van der Waals surface area contributed by atoms with Crippen molar-refractivity contribution in [2.45, 2.75) is 6.61 Å². The van der Waals surface area contributed by atoms with E-state index in [4.69, 9.17) is 9.84 Å². The van der Waals surface area contributed by atoms with Crippen molar-refractivity contribution in [2.24, 2.45) is 0 Å². The Labute approximate surface area is 99.2 Å². The number of halogens is 2. The van der Waals surface area contributed by atoms with E-state index in [9.17, 15) is 14.0 Å². The van der Waals surface area contributed by atoms with E-state index in [1.807, 2.05) is 0 Å². The molecule has 0 aliphatic rings. The second kappa shape index (κ2) is 5.18. The van der Waals surface area contributed by atoms with Crippen LogP contribution in [0.15, 0.2) is 16.6 Å². The minimum Gasteiger partial charge on any atom is -0.475 e. The monoisotopic (exact) mass is 290 g/mol. The van der Waals surface area contributed by atoms with E-state index in [0.717, 1.165) is 0 Å². The van der Waals surface area contributed by atoms with Crippen LogP contribution in [0.1, 0.15) is 15.9 Å². The molecule has 0 saturated heterocycles. The van der Waals surface area contributed by atoms with Gasteiger partial charge in [-0.15, -0.1) is 0 Å². The Morgan fingerprint density at radius 3 is 2.62 bits per heavy atom. The van der Waals surface area contributed by atoms with Crippen LogP contribution in [0.2, 0.25) is 0 Å². The van der Waals surface area contributed by atoms with Crippen molar-refractivity contribution in [3.63, 3.8) is 0 Å². The third-order valence-electron chi connectivity index (χ3n) is 1.84. The third-order valence-corrected chi connectivity index (χ3v) is 2.41. The van der Waals surface area contributed by atoms with Gasteiger partial charge in [-0.1, -0.05) is 0 Å².